The molecular formula is C48H60SiZr. The van der Waals surface area contributed by atoms with Crippen LogP contribution in [0.5, 0.6) is 0 Å². The van der Waals surface area contributed by atoms with Crippen LogP contribution in [0.15, 0.2) is 97.1 Å². The van der Waals surface area contributed by atoms with Crippen LogP contribution < -0.4 is 20.7 Å². The van der Waals surface area contributed by atoms with Crippen LogP contribution in [0.4, 0.5) is 0 Å². The molecule has 2 heteroatoms. The Morgan fingerprint density at radius 1 is 0.500 bits per heavy atom. The molecule has 50 heavy (non-hydrogen) atoms. The van der Waals surface area contributed by atoms with Crippen molar-refractivity contribution in [1.29, 1.82) is 0 Å². The van der Waals surface area contributed by atoms with Crippen molar-refractivity contribution in [3.05, 3.63) is 145 Å². The van der Waals surface area contributed by atoms with Crippen LogP contribution in [-0.4, -0.2) is 8.07 Å². The van der Waals surface area contributed by atoms with Gasteiger partial charge in [0.05, 0.1) is 8.07 Å². The molecule has 0 fully saturated rings. The van der Waals surface area contributed by atoms with E-state index in [9.17, 15) is 0 Å². The van der Waals surface area contributed by atoms with E-state index in [2.05, 4.69) is 166 Å². The minimum atomic E-state index is -2.90. The van der Waals surface area contributed by atoms with Crippen LogP contribution >= 0.6 is 0 Å². The molecule has 0 aliphatic rings. The Balaban J connectivity index is 0.00000225. The maximum absolute atomic E-state index is 2.90. The van der Waals surface area contributed by atoms with E-state index in [0.717, 1.165) is 12.8 Å². The molecule has 0 nitrogen and oxygen atoms in total. The van der Waals surface area contributed by atoms with Gasteiger partial charge in [-0.05, 0) is 36.5 Å². The average molecular weight is 756 g/mol. The van der Waals surface area contributed by atoms with Crippen LogP contribution in [0.2, 0.25) is 0 Å². The Morgan fingerprint density at radius 2 is 0.840 bits per heavy atom. The van der Waals surface area contributed by atoms with Gasteiger partial charge in [-0.25, -0.2) is 0 Å². The zero-order chi connectivity index (χ0) is 33.6. The van der Waals surface area contributed by atoms with Crippen molar-refractivity contribution in [3.8, 4) is 0 Å². The first-order valence-electron chi connectivity index (χ1n) is 18.2. The van der Waals surface area contributed by atoms with Crippen molar-refractivity contribution in [2.45, 2.75) is 106 Å². The Kier molecular flexibility index (Phi) is 13.9. The van der Waals surface area contributed by atoms with Gasteiger partial charge in [0, 0.05) is 0 Å². The molecule has 0 heterocycles. The third-order valence-corrected chi connectivity index (χ3v) is 15.8. The third kappa shape index (κ3) is 6.89. The first kappa shape index (κ1) is 41.6. The zero-order valence-electron chi connectivity index (χ0n) is 33.0. The van der Waals surface area contributed by atoms with Crippen molar-refractivity contribution in [2.75, 3.05) is 0 Å². The predicted molar refractivity (Wildman–Crippen MR) is 224 cm³/mol. The fourth-order valence-corrected chi connectivity index (χ4v) is 14.2. The number of benzene rings is 4. The summed E-state index contributed by atoms with van der Waals surface area (Å²) in [7, 11) is -2.90. The fraction of sp³-hybridized carbons (Fsp3) is 0.333. The molecule has 0 radical (unpaired) electrons. The summed E-state index contributed by atoms with van der Waals surface area (Å²) in [6, 6.07) is 38.7. The minimum Gasteiger partial charge on any atom is -0.358 e. The van der Waals surface area contributed by atoms with Crippen molar-refractivity contribution in [2.24, 2.45) is 0 Å². The summed E-state index contributed by atoms with van der Waals surface area (Å²) < 4.78 is 0. The van der Waals surface area contributed by atoms with E-state index in [0.29, 0.717) is 23.7 Å². The van der Waals surface area contributed by atoms with E-state index in [1.807, 2.05) is 0 Å². The Labute approximate surface area is 325 Å². The van der Waals surface area contributed by atoms with Gasteiger partial charge in [-0.2, -0.15) is 0 Å². The predicted octanol–water partition coefficient (Wildman–Crippen LogP) is 11.3. The second kappa shape index (κ2) is 16.7. The Bertz CT molecular complexity index is 1850. The summed E-state index contributed by atoms with van der Waals surface area (Å²) in [5.41, 5.74) is 8.94. The van der Waals surface area contributed by atoms with E-state index in [1.54, 1.807) is 10.4 Å². The summed E-state index contributed by atoms with van der Waals surface area (Å²) >= 11 is 0. The van der Waals surface area contributed by atoms with Crippen molar-refractivity contribution >= 4 is 50.4 Å². The number of fused-ring (bicyclic) bond motifs is 2. The first-order valence-corrected chi connectivity index (χ1v) is 20.2. The molecule has 0 N–H and O–H groups in total. The summed E-state index contributed by atoms with van der Waals surface area (Å²) in [6.45, 7) is 23.7. The smallest absolute Gasteiger partial charge is 0.358 e. The van der Waals surface area contributed by atoms with Crippen LogP contribution in [0, 0.1) is 14.9 Å². The molecule has 0 aliphatic heterocycles. The van der Waals surface area contributed by atoms with E-state index >= 15 is 0 Å². The van der Waals surface area contributed by atoms with E-state index < -0.39 is 8.07 Å². The molecule has 0 saturated heterocycles. The summed E-state index contributed by atoms with van der Waals surface area (Å²) in [4.78, 5) is 0. The van der Waals surface area contributed by atoms with Crippen LogP contribution in [0.25, 0.3) is 21.5 Å². The monoisotopic (exact) mass is 754 g/mol. The molecule has 6 rings (SSSR count). The molecule has 6 aromatic rings. The van der Waals surface area contributed by atoms with E-state index in [1.165, 1.54) is 65.3 Å². The molecule has 0 bridgehead atoms. The van der Waals surface area contributed by atoms with E-state index in [4.69, 9.17) is 0 Å². The van der Waals surface area contributed by atoms with Crippen molar-refractivity contribution in [1.82, 2.24) is 0 Å². The van der Waals surface area contributed by atoms with Gasteiger partial charge in [-0.3, -0.25) is 0 Å². The number of rotatable bonds is 10. The standard InChI is InChI=1S/C46H54Si.2CH3.Zr/c1-11-33-23-37-25-35(29(3)4)27-41(31(7)8)43(37)45(33)47(39-19-15-13-16-20-39,40-21-17-14-18-22-40)46-34(12-2)24-38-26-36(30(5)6)28-42(32(9)10)44(38)46;;;/h13-32H,11-12H2,1-10H3;2*1H3;/q-2;2*-1;+4. The maximum atomic E-state index is 2.58. The van der Waals surface area contributed by atoms with Gasteiger partial charge in [0.15, 0.2) is 0 Å². The normalized spacial score (nSPS) is 11.8. The second-order valence-electron chi connectivity index (χ2n) is 15.0. The van der Waals surface area contributed by atoms with Gasteiger partial charge in [-0.15, -0.1) is 67.3 Å². The molecule has 0 saturated carbocycles. The summed E-state index contributed by atoms with van der Waals surface area (Å²) in [5, 5.41) is 12.1. The minimum absolute atomic E-state index is 0. The van der Waals surface area contributed by atoms with Gasteiger partial charge >= 0.3 is 26.2 Å². The third-order valence-electron chi connectivity index (χ3n) is 10.7. The Morgan fingerprint density at radius 3 is 1.12 bits per heavy atom. The van der Waals surface area contributed by atoms with Gasteiger partial charge in [0.1, 0.15) is 0 Å². The molecule has 0 aliphatic carbocycles. The number of hydrogen-bond acceptors (Lipinski definition) is 0. The van der Waals surface area contributed by atoms with E-state index in [-0.39, 0.29) is 41.1 Å². The van der Waals surface area contributed by atoms with Gasteiger partial charge in [0.2, 0.25) is 0 Å². The number of hydrogen-bond donors (Lipinski definition) is 0. The fourth-order valence-electron chi connectivity index (χ4n) is 8.31. The molecule has 0 atom stereocenters. The van der Waals surface area contributed by atoms with Gasteiger partial charge in [-0.1, -0.05) is 175 Å². The summed E-state index contributed by atoms with van der Waals surface area (Å²) in [5.74, 6) is 1.81. The van der Waals surface area contributed by atoms with Crippen molar-refractivity contribution < 1.29 is 26.2 Å². The molecule has 260 valence electrons. The summed E-state index contributed by atoms with van der Waals surface area (Å²) in [6.07, 6.45) is 2.03. The van der Waals surface area contributed by atoms with Crippen molar-refractivity contribution in [3.63, 3.8) is 0 Å². The average Bonchev–Trinajstić information content (AvgIpc) is 3.64. The molecule has 0 aromatic heterocycles. The number of aryl methyl sites for hydroxylation is 2. The molecular weight excluding hydrogens is 696 g/mol. The maximum Gasteiger partial charge on any atom is 4.00 e. The van der Waals surface area contributed by atoms with Crippen LogP contribution in [0.3, 0.4) is 0 Å². The largest absolute Gasteiger partial charge is 4.00 e. The zero-order valence-corrected chi connectivity index (χ0v) is 36.4. The SMILES string of the molecule is CCc1[cH-]c2cc(C(C)C)cc(C(C)C)c2c1[Si](c1ccccc1)(c1ccccc1)c1c(CC)[cH-]c2cc(C(C)C)cc(C(C)C)c12.[CH3-].[CH3-].[Zr+4]. The Hall–Kier alpha value is -2.80. The first-order chi connectivity index (χ1) is 22.5. The second-order valence-corrected chi connectivity index (χ2v) is 18.7. The topological polar surface area (TPSA) is 0 Å². The van der Waals surface area contributed by atoms with Crippen LogP contribution in [-0.2, 0) is 39.0 Å². The molecule has 0 amide bonds. The van der Waals surface area contributed by atoms with Crippen LogP contribution in [0.1, 0.15) is 126 Å². The van der Waals surface area contributed by atoms with Gasteiger partial charge in [0.25, 0.3) is 0 Å². The quantitative estimate of drug-likeness (QED) is 0.0965. The molecule has 0 spiro atoms. The van der Waals surface area contributed by atoms with Gasteiger partial charge < -0.3 is 14.9 Å². The molecule has 0 unspecified atom stereocenters. The molecule has 6 aromatic carbocycles.